The number of hydrogen-bond donors (Lipinski definition) is 3. The Morgan fingerprint density at radius 2 is 1.92 bits per heavy atom. The van der Waals surface area contributed by atoms with E-state index in [1.807, 2.05) is 0 Å². The number of nitrogens with one attached hydrogen (secondary N) is 1. The molecule has 5 rings (SSSR count). The number of halogens is 3. The maximum Gasteiger partial charge on any atom is 0.491 e. The number of carbonyl (C=O) groups excluding carboxylic acids is 6. The van der Waals surface area contributed by atoms with Crippen molar-refractivity contribution in [1.82, 2.24) is 25.0 Å². The molecule has 258 valence electrons. The lowest BCUT2D eigenvalue weighted by Crippen LogP contribution is -2.71. The summed E-state index contributed by atoms with van der Waals surface area (Å²) in [6.07, 6.45) is -3.46. The molecule has 21 heteroatoms. The summed E-state index contributed by atoms with van der Waals surface area (Å²) in [7, 11) is 0. The van der Waals surface area contributed by atoms with Crippen LogP contribution >= 0.6 is 23.1 Å². The second-order valence-corrected chi connectivity index (χ2v) is 12.8. The van der Waals surface area contributed by atoms with Crippen LogP contribution in [-0.2, 0) is 33.4 Å². The highest BCUT2D eigenvalue weighted by atomic mass is 32.2. The zero-order valence-corrected chi connectivity index (χ0v) is 26.7. The summed E-state index contributed by atoms with van der Waals surface area (Å²) in [6.45, 7) is 2.97. The highest BCUT2D eigenvalue weighted by Crippen LogP contribution is 2.42. The highest BCUT2D eigenvalue weighted by molar-refractivity contribution is 8.00. The third-order valence-electron chi connectivity index (χ3n) is 7.91. The van der Waals surface area contributed by atoms with Crippen molar-refractivity contribution in [2.24, 2.45) is 5.16 Å². The van der Waals surface area contributed by atoms with E-state index < -0.39 is 58.8 Å². The summed E-state index contributed by atoms with van der Waals surface area (Å²) in [5.41, 5.74) is 4.41. The maximum absolute atomic E-state index is 13.4. The molecule has 16 nitrogen and oxygen atoms in total. The van der Waals surface area contributed by atoms with E-state index in [0.29, 0.717) is 32.5 Å². The second kappa shape index (κ2) is 13.8. The van der Waals surface area contributed by atoms with Gasteiger partial charge >= 0.3 is 24.2 Å². The van der Waals surface area contributed by atoms with Crippen molar-refractivity contribution in [3.63, 3.8) is 0 Å². The zero-order chi connectivity index (χ0) is 34.9. The van der Waals surface area contributed by atoms with E-state index in [0.717, 1.165) is 28.0 Å². The van der Waals surface area contributed by atoms with Crippen LogP contribution in [0.4, 0.5) is 23.1 Å². The van der Waals surface area contributed by atoms with E-state index in [1.165, 1.54) is 11.5 Å². The number of fused-ring (bicyclic) bond motifs is 1. The number of piperidine rings is 1. The summed E-state index contributed by atoms with van der Waals surface area (Å²) in [6, 6.07) is -1.52. The van der Waals surface area contributed by atoms with Crippen molar-refractivity contribution >= 4 is 69.7 Å². The van der Waals surface area contributed by atoms with Gasteiger partial charge in [0.05, 0.1) is 6.61 Å². The third-order valence-corrected chi connectivity index (χ3v) is 9.89. The lowest BCUT2D eigenvalue weighted by atomic mass is 10.0. The molecule has 4 aliphatic heterocycles. The first-order chi connectivity index (χ1) is 22.7. The Morgan fingerprint density at radius 1 is 1.21 bits per heavy atom. The van der Waals surface area contributed by atoms with Gasteiger partial charge in [-0.15, -0.1) is 23.1 Å². The van der Waals surface area contributed by atoms with Gasteiger partial charge in [-0.2, -0.15) is 13.2 Å². The SMILES string of the molecule is CCOC(=O)N1CCC(N2CCC(=CC3=C(C(=O)OC(=O)C(F)(F)F)N4C(=O)[C@@H](NC(=O)/C(=N\O)c5csc(N)n5)[C@H]4SC3)C2=O)CC1. The normalized spacial score (nSPS) is 22.9. The number of allylic oxidation sites excluding steroid dienone is 1. The minimum Gasteiger partial charge on any atom is -0.450 e. The first kappa shape index (κ1) is 34.7. The molecule has 4 N–H and O–H groups in total. The van der Waals surface area contributed by atoms with Crippen LogP contribution in [0.2, 0.25) is 0 Å². The fourth-order valence-corrected chi connectivity index (χ4v) is 7.51. The molecule has 0 spiro atoms. The number of amides is 4. The molecule has 0 bridgehead atoms. The second-order valence-electron chi connectivity index (χ2n) is 10.8. The van der Waals surface area contributed by atoms with Gasteiger partial charge in [0.25, 0.3) is 11.8 Å². The van der Waals surface area contributed by atoms with Gasteiger partial charge in [0.1, 0.15) is 22.8 Å². The number of thioether (sulfide) groups is 1. The number of hydrogen-bond acceptors (Lipinski definition) is 14. The van der Waals surface area contributed by atoms with Crippen LogP contribution in [0.15, 0.2) is 33.5 Å². The van der Waals surface area contributed by atoms with Crippen molar-refractivity contribution in [2.45, 2.75) is 49.8 Å². The van der Waals surface area contributed by atoms with Crippen LogP contribution in [0.25, 0.3) is 0 Å². The molecule has 2 atom stereocenters. The Morgan fingerprint density at radius 3 is 2.52 bits per heavy atom. The fourth-order valence-electron chi connectivity index (χ4n) is 5.65. The van der Waals surface area contributed by atoms with Crippen molar-refractivity contribution in [2.75, 3.05) is 37.7 Å². The molecule has 3 fully saturated rings. The number of aromatic nitrogens is 1. The zero-order valence-electron chi connectivity index (χ0n) is 25.0. The summed E-state index contributed by atoms with van der Waals surface area (Å²) in [4.78, 5) is 84.0. The average Bonchev–Trinajstić information content (AvgIpc) is 3.64. The quantitative estimate of drug-likeness (QED) is 0.0685. The first-order valence-corrected chi connectivity index (χ1v) is 16.4. The molecule has 1 aromatic rings. The van der Waals surface area contributed by atoms with Crippen molar-refractivity contribution in [1.29, 1.82) is 0 Å². The number of esters is 2. The fraction of sp³-hybridized carbons (Fsp3) is 0.481. The number of alkyl halides is 3. The largest absolute Gasteiger partial charge is 0.491 e. The number of carbonyl (C=O) groups is 6. The minimum atomic E-state index is -5.52. The summed E-state index contributed by atoms with van der Waals surface area (Å²) in [5.74, 6) is -7.05. The molecule has 0 radical (unpaired) electrons. The number of nitrogens with two attached hydrogens (primary N) is 1. The topological polar surface area (TPSA) is 214 Å². The molecule has 0 saturated carbocycles. The van der Waals surface area contributed by atoms with Crippen LogP contribution < -0.4 is 11.1 Å². The van der Waals surface area contributed by atoms with E-state index in [1.54, 1.807) is 16.7 Å². The summed E-state index contributed by atoms with van der Waals surface area (Å²) >= 11 is 1.98. The third kappa shape index (κ3) is 6.82. The van der Waals surface area contributed by atoms with Crippen LogP contribution in [0.1, 0.15) is 31.9 Å². The molecule has 48 heavy (non-hydrogen) atoms. The van der Waals surface area contributed by atoms with Gasteiger partial charge in [0.15, 0.2) is 10.8 Å². The molecule has 1 aromatic heterocycles. The lowest BCUT2D eigenvalue weighted by molar-refractivity contribution is -0.201. The average molecular weight is 716 g/mol. The maximum atomic E-state index is 13.4. The number of ether oxygens (including phenoxy) is 2. The van der Waals surface area contributed by atoms with Gasteiger partial charge in [-0.05, 0) is 37.8 Å². The van der Waals surface area contributed by atoms with E-state index in [9.17, 15) is 47.1 Å². The highest BCUT2D eigenvalue weighted by Gasteiger charge is 2.55. The summed E-state index contributed by atoms with van der Waals surface area (Å²) < 4.78 is 48.1. The number of anilines is 1. The smallest absolute Gasteiger partial charge is 0.450 e. The Hall–Kier alpha value is -4.66. The predicted molar refractivity (Wildman–Crippen MR) is 160 cm³/mol. The first-order valence-electron chi connectivity index (χ1n) is 14.4. The van der Waals surface area contributed by atoms with Gasteiger partial charge in [0, 0.05) is 42.4 Å². The Kier molecular flexibility index (Phi) is 9.99. The van der Waals surface area contributed by atoms with Crippen LogP contribution in [-0.4, -0.2) is 122 Å². The van der Waals surface area contributed by atoms with Crippen LogP contribution in [0.5, 0.6) is 0 Å². The van der Waals surface area contributed by atoms with Gasteiger partial charge < -0.3 is 35.5 Å². The number of thiazole rings is 1. The lowest BCUT2D eigenvalue weighted by Gasteiger charge is -2.49. The molecular weight excluding hydrogens is 687 g/mol. The van der Waals surface area contributed by atoms with Gasteiger partial charge in [-0.1, -0.05) is 5.16 Å². The predicted octanol–water partition coefficient (Wildman–Crippen LogP) is 0.969. The van der Waals surface area contributed by atoms with Crippen LogP contribution in [0.3, 0.4) is 0 Å². The van der Waals surface area contributed by atoms with E-state index >= 15 is 0 Å². The molecule has 0 aromatic carbocycles. The molecule has 3 saturated heterocycles. The number of oxime groups is 1. The Balaban J connectivity index is 1.36. The molecule has 4 amide bonds. The van der Waals surface area contributed by atoms with E-state index in [4.69, 9.17) is 10.5 Å². The molecule has 0 unspecified atom stereocenters. The van der Waals surface area contributed by atoms with Gasteiger partial charge in [-0.3, -0.25) is 19.3 Å². The minimum absolute atomic E-state index is 0.0350. The van der Waals surface area contributed by atoms with Crippen molar-refractivity contribution in [3.05, 3.63) is 34.0 Å². The van der Waals surface area contributed by atoms with Crippen molar-refractivity contribution < 1.29 is 56.6 Å². The number of β-lactam (4-membered cyclic amide) rings is 1. The number of nitrogens with zero attached hydrogens (tertiary/aromatic N) is 5. The standard InChI is InChI=1S/C27H28F3N7O9S2/c1-2-45-26(43)35-6-4-14(5-7-35)36-8-3-12(20(36)39)9-13-10-47-22-17(33-19(38)16(34-44)15-11-48-25(31)32-15)21(40)37(22)18(13)23(41)46-24(42)27(28,29)30/h9,11,14,17,22,44H,2-8,10H2,1H3,(H2,31,32)(H,33,38)/b12-9?,34-16-/t17-,22-/m1/s1. The Labute approximate surface area is 277 Å². The number of rotatable bonds is 7. The Bertz CT molecular complexity index is 1640. The monoisotopic (exact) mass is 715 g/mol. The molecule has 0 aliphatic carbocycles. The van der Waals surface area contributed by atoms with E-state index in [2.05, 4.69) is 20.2 Å². The summed E-state index contributed by atoms with van der Waals surface area (Å²) in [5, 5.41) is 15.0. The van der Waals surface area contributed by atoms with Gasteiger partial charge in [-0.25, -0.2) is 19.4 Å². The molecule has 5 heterocycles. The van der Waals surface area contributed by atoms with Crippen LogP contribution in [0, 0.1) is 0 Å². The van der Waals surface area contributed by atoms with Gasteiger partial charge in [0.2, 0.25) is 5.91 Å². The number of nitrogen functional groups attached to an aromatic ring is 1. The molecular formula is C27H28F3N7O9S2. The van der Waals surface area contributed by atoms with E-state index in [-0.39, 0.29) is 52.7 Å². The number of likely N-dealkylation sites (tertiary alicyclic amines) is 2. The molecule has 4 aliphatic rings. The van der Waals surface area contributed by atoms with Crippen molar-refractivity contribution in [3.8, 4) is 0 Å².